The van der Waals surface area contributed by atoms with Gasteiger partial charge in [0.15, 0.2) is 0 Å². The number of aliphatic hydroxyl groups is 1. The van der Waals surface area contributed by atoms with Crippen molar-refractivity contribution in [2.24, 2.45) is 0 Å². The summed E-state index contributed by atoms with van der Waals surface area (Å²) in [5, 5.41) is 18.6. The van der Waals surface area contributed by atoms with Gasteiger partial charge < -0.3 is 14.9 Å². The van der Waals surface area contributed by atoms with Crippen LogP contribution in [0.2, 0.25) is 10.0 Å². The number of aliphatic hydroxyl groups excluding tert-OH is 1. The van der Waals surface area contributed by atoms with Gasteiger partial charge in [-0.2, -0.15) is 10.2 Å². The van der Waals surface area contributed by atoms with Gasteiger partial charge in [0.05, 0.1) is 28.0 Å². The first-order valence-corrected chi connectivity index (χ1v) is 9.78. The summed E-state index contributed by atoms with van der Waals surface area (Å²) in [5.74, 6) is 0. The highest BCUT2D eigenvalue weighted by atomic mass is 35.5. The fourth-order valence-electron chi connectivity index (χ4n) is 3.42. The molecule has 1 aromatic heterocycles. The number of halogens is 2. The highest BCUT2D eigenvalue weighted by Gasteiger charge is 2.20. The van der Waals surface area contributed by atoms with Gasteiger partial charge in [-0.15, -0.1) is 0 Å². The van der Waals surface area contributed by atoms with Crippen molar-refractivity contribution in [2.75, 3.05) is 25.0 Å². The molecular formula is C21H20Cl2N4O. The maximum atomic E-state index is 9.16. The summed E-state index contributed by atoms with van der Waals surface area (Å²) in [5.41, 5.74) is 5.71. The second-order valence-corrected chi connectivity index (χ2v) is 7.71. The van der Waals surface area contributed by atoms with Gasteiger partial charge in [-0.05, 0) is 55.1 Å². The number of fused-ring (bicyclic) bond motifs is 1. The predicted molar refractivity (Wildman–Crippen MR) is 113 cm³/mol. The van der Waals surface area contributed by atoms with Gasteiger partial charge >= 0.3 is 0 Å². The Hall–Kier alpha value is -2.18. The molecule has 7 heteroatoms. The third kappa shape index (κ3) is 3.84. The van der Waals surface area contributed by atoms with E-state index in [1.54, 1.807) is 6.07 Å². The van der Waals surface area contributed by atoms with E-state index in [1.165, 1.54) is 5.56 Å². The van der Waals surface area contributed by atoms with E-state index < -0.39 is 0 Å². The first kappa shape index (κ1) is 19.2. The summed E-state index contributed by atoms with van der Waals surface area (Å²) in [7, 11) is 2.12. The molecule has 0 fully saturated rings. The van der Waals surface area contributed by atoms with Crippen LogP contribution in [0.3, 0.4) is 0 Å². The van der Waals surface area contributed by atoms with Crippen LogP contribution in [-0.4, -0.2) is 40.3 Å². The van der Waals surface area contributed by atoms with Gasteiger partial charge in [-0.25, -0.2) is 0 Å². The lowest BCUT2D eigenvalue weighted by Gasteiger charge is -2.25. The quantitative estimate of drug-likeness (QED) is 0.682. The van der Waals surface area contributed by atoms with Crippen molar-refractivity contribution in [1.29, 1.82) is 0 Å². The first-order chi connectivity index (χ1) is 13.5. The van der Waals surface area contributed by atoms with Gasteiger partial charge in [0.25, 0.3) is 0 Å². The highest BCUT2D eigenvalue weighted by Crippen LogP contribution is 2.36. The number of hydrogen-bond donors (Lipinski definition) is 1. The number of anilines is 2. The van der Waals surface area contributed by atoms with E-state index in [9.17, 15) is 0 Å². The fraction of sp³-hybridized carbons (Fsp3) is 0.238. The molecule has 0 saturated heterocycles. The number of likely N-dealkylation sites (N-methyl/N-ethyl adjacent to an activating group) is 1. The number of nitrogens with zero attached hydrogens (tertiary/aromatic N) is 4. The summed E-state index contributed by atoms with van der Waals surface area (Å²) in [6, 6.07) is 15.7. The number of hydrogen-bond acceptors (Lipinski definition) is 5. The average molecular weight is 415 g/mol. The Kier molecular flexibility index (Phi) is 5.51. The molecule has 2 aromatic carbocycles. The third-order valence-electron chi connectivity index (χ3n) is 4.91. The normalized spacial score (nSPS) is 14.6. The van der Waals surface area contributed by atoms with Crippen molar-refractivity contribution in [3.63, 3.8) is 0 Å². The third-order valence-corrected chi connectivity index (χ3v) is 5.65. The van der Waals surface area contributed by atoms with Gasteiger partial charge in [0.2, 0.25) is 0 Å². The molecule has 1 aliphatic rings. The minimum absolute atomic E-state index is 0.110. The smallest absolute Gasteiger partial charge is 0.0930 e. The predicted octanol–water partition coefficient (Wildman–Crippen LogP) is 4.53. The maximum absolute atomic E-state index is 9.16. The zero-order valence-corrected chi connectivity index (χ0v) is 17.0. The molecule has 2 heterocycles. The van der Waals surface area contributed by atoms with Gasteiger partial charge in [-0.1, -0.05) is 29.3 Å². The molecular weight excluding hydrogens is 395 g/mol. The molecule has 5 nitrogen and oxygen atoms in total. The molecule has 0 saturated carbocycles. The van der Waals surface area contributed by atoms with Crippen molar-refractivity contribution in [3.05, 3.63) is 69.8 Å². The van der Waals surface area contributed by atoms with Crippen molar-refractivity contribution >= 4 is 34.6 Å². The van der Waals surface area contributed by atoms with Crippen molar-refractivity contribution in [1.82, 2.24) is 15.1 Å². The minimum atomic E-state index is -0.110. The molecule has 1 N–H and O–H groups in total. The monoisotopic (exact) mass is 414 g/mol. The Labute approximate surface area is 174 Å². The van der Waals surface area contributed by atoms with Crippen LogP contribution >= 0.6 is 23.2 Å². The van der Waals surface area contributed by atoms with Gasteiger partial charge in [-0.3, -0.25) is 0 Å². The van der Waals surface area contributed by atoms with E-state index in [1.807, 2.05) is 24.3 Å². The lowest BCUT2D eigenvalue weighted by atomic mass is 10.0. The molecule has 0 unspecified atom stereocenters. The molecule has 0 atom stereocenters. The van der Waals surface area contributed by atoms with Crippen LogP contribution in [0.25, 0.3) is 11.3 Å². The summed E-state index contributed by atoms with van der Waals surface area (Å²) in [4.78, 5) is 4.56. The highest BCUT2D eigenvalue weighted by molar-refractivity contribution is 6.42. The maximum Gasteiger partial charge on any atom is 0.0930 e. The van der Waals surface area contributed by atoms with Gasteiger partial charge in [0, 0.05) is 36.6 Å². The lowest BCUT2D eigenvalue weighted by Crippen LogP contribution is -2.26. The molecule has 3 aromatic rings. The summed E-state index contributed by atoms with van der Waals surface area (Å²) in [6.45, 7) is 2.51. The van der Waals surface area contributed by atoms with Crippen molar-refractivity contribution in [3.8, 4) is 11.3 Å². The Balaban J connectivity index is 1.75. The van der Waals surface area contributed by atoms with Crippen LogP contribution in [0.5, 0.6) is 0 Å². The van der Waals surface area contributed by atoms with E-state index in [4.69, 9.17) is 28.3 Å². The molecule has 0 spiro atoms. The SMILES string of the molecule is CN1CCN(c2ccc(Cl)c(Cl)c2)c2ccc(-c3ccc(CO)nn3)cc2C1. The summed E-state index contributed by atoms with van der Waals surface area (Å²) in [6.07, 6.45) is 0. The van der Waals surface area contributed by atoms with E-state index in [2.05, 4.69) is 45.2 Å². The Bertz CT molecular complexity index is 994. The fourth-order valence-corrected chi connectivity index (χ4v) is 3.71. The van der Waals surface area contributed by atoms with Crippen LogP contribution in [0.1, 0.15) is 11.3 Å². The molecule has 0 radical (unpaired) electrons. The van der Waals surface area contributed by atoms with Crippen LogP contribution in [0.15, 0.2) is 48.5 Å². The van der Waals surface area contributed by atoms with E-state index >= 15 is 0 Å². The zero-order valence-electron chi connectivity index (χ0n) is 15.4. The van der Waals surface area contributed by atoms with E-state index in [0.29, 0.717) is 15.7 Å². The molecule has 144 valence electrons. The molecule has 0 aliphatic carbocycles. The van der Waals surface area contributed by atoms with Gasteiger partial charge in [0.1, 0.15) is 0 Å². The second-order valence-electron chi connectivity index (χ2n) is 6.90. The Morgan fingerprint density at radius 3 is 2.54 bits per heavy atom. The largest absolute Gasteiger partial charge is 0.390 e. The second kappa shape index (κ2) is 8.05. The van der Waals surface area contributed by atoms with E-state index in [-0.39, 0.29) is 6.61 Å². The minimum Gasteiger partial charge on any atom is -0.390 e. The molecule has 28 heavy (non-hydrogen) atoms. The zero-order chi connectivity index (χ0) is 19.7. The average Bonchev–Trinajstić information content (AvgIpc) is 2.88. The Morgan fingerprint density at radius 1 is 0.964 bits per heavy atom. The number of rotatable bonds is 3. The van der Waals surface area contributed by atoms with Crippen LogP contribution in [-0.2, 0) is 13.2 Å². The molecule has 0 bridgehead atoms. The van der Waals surface area contributed by atoms with Crippen molar-refractivity contribution in [2.45, 2.75) is 13.2 Å². The van der Waals surface area contributed by atoms with E-state index in [0.717, 1.165) is 42.3 Å². The number of aromatic nitrogens is 2. The van der Waals surface area contributed by atoms with Crippen LogP contribution in [0, 0.1) is 0 Å². The number of benzene rings is 2. The summed E-state index contributed by atoms with van der Waals surface area (Å²) >= 11 is 12.4. The van der Waals surface area contributed by atoms with Crippen LogP contribution in [0.4, 0.5) is 11.4 Å². The van der Waals surface area contributed by atoms with Crippen molar-refractivity contribution < 1.29 is 5.11 Å². The lowest BCUT2D eigenvalue weighted by molar-refractivity contribution is 0.275. The van der Waals surface area contributed by atoms with Crippen LogP contribution < -0.4 is 4.90 Å². The topological polar surface area (TPSA) is 52.5 Å². The molecule has 1 aliphatic heterocycles. The standard InChI is InChI=1S/C21H20Cl2N4O/c1-26-8-9-27(17-4-5-18(22)19(23)11-17)21-7-2-14(10-15(21)12-26)20-6-3-16(13-28)24-25-20/h2-7,10-11,28H,8-9,12-13H2,1H3. The molecule has 0 amide bonds. The molecule has 4 rings (SSSR count). The Morgan fingerprint density at radius 2 is 1.82 bits per heavy atom. The summed E-state index contributed by atoms with van der Waals surface area (Å²) < 4.78 is 0. The first-order valence-electron chi connectivity index (χ1n) is 9.03.